The lowest BCUT2D eigenvalue weighted by molar-refractivity contribution is 0.0762. The van der Waals surface area contributed by atoms with Gasteiger partial charge in [0.05, 0.1) is 0 Å². The maximum absolute atomic E-state index is 11.0. The minimum Gasteiger partial charge on any atom is -0.367 e. The fourth-order valence-corrected chi connectivity index (χ4v) is 4.45. The Kier molecular flexibility index (Phi) is 3.23. The predicted molar refractivity (Wildman–Crippen MR) is 50.9 cm³/mol. The molecule has 7 nitrogen and oxygen atoms in total. The quantitative estimate of drug-likeness (QED) is 0.450. The Hall–Kier alpha value is 0.260. The van der Waals surface area contributed by atoms with Crippen molar-refractivity contribution in [3.63, 3.8) is 0 Å². The van der Waals surface area contributed by atoms with E-state index in [1.807, 2.05) is 0 Å². The fourth-order valence-electron chi connectivity index (χ4n) is 1.61. The summed E-state index contributed by atoms with van der Waals surface area (Å²) in [5, 5.41) is 6.39. The van der Waals surface area contributed by atoms with Gasteiger partial charge in [0.1, 0.15) is 0 Å². The van der Waals surface area contributed by atoms with E-state index < -0.39 is 26.2 Å². The smallest absolute Gasteiger partial charge is 0.367 e. The van der Waals surface area contributed by atoms with Crippen LogP contribution in [0.25, 0.3) is 0 Å². The van der Waals surface area contributed by atoms with Crippen LogP contribution in [-0.4, -0.2) is 29.8 Å². The third-order valence-electron chi connectivity index (χ3n) is 2.80. The van der Waals surface area contributed by atoms with Gasteiger partial charge in [-0.25, -0.2) is 0 Å². The van der Waals surface area contributed by atoms with Gasteiger partial charge in [0.2, 0.25) is 0 Å². The van der Waals surface area contributed by atoms with Crippen LogP contribution in [-0.2, 0) is 9.13 Å². The average Bonchev–Trinajstić information content (AvgIpc) is 2.79. The Morgan fingerprint density at radius 3 is 1.67 bits per heavy atom. The normalized spacial score (nSPS) is 21.5. The summed E-state index contributed by atoms with van der Waals surface area (Å²) in [5.41, 5.74) is 0. The van der Waals surface area contributed by atoms with E-state index in [1.165, 1.54) is 6.92 Å². The zero-order chi connectivity index (χ0) is 12.1. The van der Waals surface area contributed by atoms with Crippen molar-refractivity contribution in [2.45, 2.75) is 24.8 Å². The molecule has 0 bridgehead atoms. The second-order valence-electron chi connectivity index (χ2n) is 3.90. The van der Waals surface area contributed by atoms with Gasteiger partial charge >= 0.3 is 15.2 Å². The Morgan fingerprint density at radius 2 is 1.47 bits per heavy atom. The molecule has 0 saturated heterocycles. The lowest BCUT2D eigenvalue weighted by Gasteiger charge is -2.34. The first-order chi connectivity index (χ1) is 6.52. The summed E-state index contributed by atoms with van der Waals surface area (Å²) >= 11 is 0. The Morgan fingerprint density at radius 1 is 1.13 bits per heavy atom. The van der Waals surface area contributed by atoms with Crippen LogP contribution < -0.4 is 0 Å². The maximum atomic E-state index is 11.0. The van der Waals surface area contributed by atoms with E-state index in [-0.39, 0.29) is 5.92 Å². The molecule has 1 saturated carbocycles. The maximum Gasteiger partial charge on any atom is 0.369 e. The summed E-state index contributed by atoms with van der Waals surface area (Å²) < 4.78 is 22.1. The summed E-state index contributed by atoms with van der Waals surface area (Å²) in [6.07, 6.45) is 1.23. The first-order valence-corrected chi connectivity index (χ1v) is 7.58. The van der Waals surface area contributed by atoms with Crippen LogP contribution in [0.15, 0.2) is 0 Å². The summed E-state index contributed by atoms with van der Waals surface area (Å²) in [5.74, 6) is -1.37. The molecular formula is C6H14O7P2. The molecule has 1 aliphatic rings. The van der Waals surface area contributed by atoms with Crippen molar-refractivity contribution >= 4 is 15.2 Å². The van der Waals surface area contributed by atoms with E-state index >= 15 is 0 Å². The van der Waals surface area contributed by atoms with Gasteiger partial charge in [0, 0.05) is 5.92 Å². The number of hydrogen-bond donors (Lipinski definition) is 5. The Bertz CT molecular complexity index is 315. The van der Waals surface area contributed by atoms with Gasteiger partial charge in [-0.2, -0.15) is 0 Å². The highest BCUT2D eigenvalue weighted by molar-refractivity contribution is 7.72. The summed E-state index contributed by atoms with van der Waals surface area (Å²) in [6.45, 7) is 1.25. The lowest BCUT2D eigenvalue weighted by atomic mass is 10.1. The van der Waals surface area contributed by atoms with E-state index in [0.717, 1.165) is 0 Å². The van der Waals surface area contributed by atoms with Crippen LogP contribution >= 0.6 is 15.2 Å². The standard InChI is InChI=1S/C6H14O7P2/c1-4(5-2-3-5)6(7,14(8,9)10)15(11,12)13/h4-5,7H,2-3H2,1H3,(H2,8,9,10)(H2,11,12,13). The van der Waals surface area contributed by atoms with E-state index in [9.17, 15) is 14.2 Å². The van der Waals surface area contributed by atoms with Crippen LogP contribution in [0.2, 0.25) is 0 Å². The average molecular weight is 260 g/mol. The highest BCUT2D eigenvalue weighted by Crippen LogP contribution is 2.72. The molecule has 0 radical (unpaired) electrons. The second-order valence-corrected chi connectivity index (χ2v) is 7.79. The van der Waals surface area contributed by atoms with Gasteiger partial charge < -0.3 is 24.7 Å². The van der Waals surface area contributed by atoms with Crippen molar-refractivity contribution in [1.82, 2.24) is 0 Å². The topological polar surface area (TPSA) is 135 Å². The second kappa shape index (κ2) is 3.64. The molecule has 5 N–H and O–H groups in total. The van der Waals surface area contributed by atoms with Gasteiger partial charge in [0.25, 0.3) is 5.08 Å². The molecule has 9 heteroatoms. The third-order valence-corrected chi connectivity index (χ3v) is 6.89. The molecular weight excluding hydrogens is 246 g/mol. The SMILES string of the molecule is CC(C1CC1)C(O)(P(=O)(O)O)P(=O)(O)O. The van der Waals surface area contributed by atoms with Gasteiger partial charge in [-0.1, -0.05) is 6.92 Å². The molecule has 1 rings (SSSR count). The van der Waals surface area contributed by atoms with Crippen molar-refractivity contribution in [3.05, 3.63) is 0 Å². The van der Waals surface area contributed by atoms with Crippen LogP contribution in [0, 0.1) is 11.8 Å². The van der Waals surface area contributed by atoms with Gasteiger partial charge in [-0.3, -0.25) is 9.13 Å². The molecule has 0 aromatic heterocycles. The molecule has 1 fully saturated rings. The molecule has 0 spiro atoms. The Balaban J connectivity index is 3.18. The fraction of sp³-hybridized carbons (Fsp3) is 1.00. The van der Waals surface area contributed by atoms with E-state index in [4.69, 9.17) is 19.6 Å². The molecule has 1 unspecified atom stereocenters. The van der Waals surface area contributed by atoms with Crippen molar-refractivity contribution < 1.29 is 33.8 Å². The zero-order valence-electron chi connectivity index (χ0n) is 8.02. The molecule has 15 heavy (non-hydrogen) atoms. The highest BCUT2D eigenvalue weighted by Gasteiger charge is 2.65. The Labute approximate surface area is 86.5 Å². The van der Waals surface area contributed by atoms with E-state index in [0.29, 0.717) is 12.8 Å². The third kappa shape index (κ3) is 2.19. The van der Waals surface area contributed by atoms with Crippen LogP contribution in [0.1, 0.15) is 19.8 Å². The molecule has 0 aromatic carbocycles. The van der Waals surface area contributed by atoms with Crippen LogP contribution in [0.5, 0.6) is 0 Å². The van der Waals surface area contributed by atoms with Crippen molar-refractivity contribution in [2.75, 3.05) is 0 Å². The van der Waals surface area contributed by atoms with Crippen LogP contribution in [0.4, 0.5) is 0 Å². The molecule has 0 heterocycles. The number of rotatable bonds is 4. The van der Waals surface area contributed by atoms with Crippen molar-refractivity contribution in [3.8, 4) is 0 Å². The largest absolute Gasteiger partial charge is 0.369 e. The van der Waals surface area contributed by atoms with Gasteiger partial charge in [-0.05, 0) is 18.8 Å². The van der Waals surface area contributed by atoms with Gasteiger partial charge in [-0.15, -0.1) is 0 Å². The molecule has 1 atom stereocenters. The van der Waals surface area contributed by atoms with Crippen molar-refractivity contribution in [2.24, 2.45) is 11.8 Å². The molecule has 0 aliphatic heterocycles. The zero-order valence-corrected chi connectivity index (χ0v) is 9.80. The summed E-state index contributed by atoms with van der Waals surface area (Å²) in [7, 11) is -10.6. The van der Waals surface area contributed by atoms with Gasteiger partial charge in [0.15, 0.2) is 0 Å². The monoisotopic (exact) mass is 260 g/mol. The molecule has 90 valence electrons. The predicted octanol–water partition coefficient (Wildman–Crippen LogP) is 0.0340. The molecule has 0 amide bonds. The minimum absolute atomic E-state index is 0.241. The number of hydrogen-bond acceptors (Lipinski definition) is 3. The molecule has 1 aliphatic carbocycles. The summed E-state index contributed by atoms with van der Waals surface area (Å²) in [6, 6.07) is 0. The summed E-state index contributed by atoms with van der Waals surface area (Å²) in [4.78, 5) is 35.6. The lowest BCUT2D eigenvalue weighted by Crippen LogP contribution is -2.37. The van der Waals surface area contributed by atoms with Crippen molar-refractivity contribution in [1.29, 1.82) is 0 Å². The molecule has 0 aromatic rings. The first-order valence-electron chi connectivity index (χ1n) is 4.35. The first kappa shape index (κ1) is 13.3. The van der Waals surface area contributed by atoms with E-state index in [2.05, 4.69) is 0 Å². The van der Waals surface area contributed by atoms with Crippen LogP contribution in [0.3, 0.4) is 0 Å². The minimum atomic E-state index is -5.29. The highest BCUT2D eigenvalue weighted by atomic mass is 31.2. The number of aliphatic hydroxyl groups is 1. The van der Waals surface area contributed by atoms with E-state index in [1.54, 1.807) is 0 Å².